The van der Waals surface area contributed by atoms with E-state index in [0.717, 1.165) is 16.4 Å². The molecule has 1 heterocycles. The summed E-state index contributed by atoms with van der Waals surface area (Å²) in [5.41, 5.74) is 0.546. The molecule has 7 rings (SSSR count). The number of hydrazine groups is 1. The summed E-state index contributed by atoms with van der Waals surface area (Å²) >= 11 is 5.99. The largest absolute Gasteiger partial charge is 0.497 e. The van der Waals surface area contributed by atoms with Crippen LogP contribution in [0.1, 0.15) is 27.1 Å². The van der Waals surface area contributed by atoms with E-state index in [9.17, 15) is 19.2 Å². The van der Waals surface area contributed by atoms with Crippen molar-refractivity contribution in [3.8, 4) is 5.75 Å². The molecule has 0 unspecified atom stereocenters. The van der Waals surface area contributed by atoms with Crippen LogP contribution in [0.5, 0.6) is 5.75 Å². The van der Waals surface area contributed by atoms with Gasteiger partial charge in [-0.05, 0) is 66.5 Å². The lowest BCUT2D eigenvalue weighted by Crippen LogP contribution is -2.52. The molecule has 1 aliphatic heterocycles. The molecule has 2 aromatic carbocycles. The number of ether oxygens (including phenoxy) is 1. The molecule has 35 heavy (non-hydrogen) atoms. The summed E-state index contributed by atoms with van der Waals surface area (Å²) in [7, 11) is 1.50. The smallest absolute Gasteiger partial charge is 0.273 e. The van der Waals surface area contributed by atoms with Gasteiger partial charge in [0.15, 0.2) is 5.78 Å². The van der Waals surface area contributed by atoms with Gasteiger partial charge in [0, 0.05) is 16.1 Å². The maximum atomic E-state index is 13.7. The minimum Gasteiger partial charge on any atom is -0.497 e. The van der Waals surface area contributed by atoms with Gasteiger partial charge in [-0.1, -0.05) is 35.9 Å². The molecule has 7 nitrogen and oxygen atoms in total. The van der Waals surface area contributed by atoms with Gasteiger partial charge in [-0.25, -0.2) is 5.01 Å². The second-order valence-electron chi connectivity index (χ2n) is 9.67. The Bertz CT molecular complexity index is 1250. The second kappa shape index (κ2) is 8.05. The topological polar surface area (TPSA) is 84.0 Å². The van der Waals surface area contributed by atoms with Gasteiger partial charge in [0.25, 0.3) is 17.7 Å². The molecule has 8 heteroatoms. The molecule has 178 valence electrons. The van der Waals surface area contributed by atoms with Crippen LogP contribution in [0.2, 0.25) is 5.02 Å². The maximum Gasteiger partial charge on any atom is 0.273 e. The van der Waals surface area contributed by atoms with Crippen LogP contribution >= 0.6 is 11.6 Å². The van der Waals surface area contributed by atoms with Gasteiger partial charge in [-0.2, -0.15) is 5.01 Å². The van der Waals surface area contributed by atoms with E-state index < -0.39 is 41.9 Å². The highest BCUT2D eigenvalue weighted by atomic mass is 35.5. The quantitative estimate of drug-likeness (QED) is 0.350. The fourth-order valence-electron chi connectivity index (χ4n) is 6.18. The Labute approximate surface area is 207 Å². The van der Waals surface area contributed by atoms with E-state index >= 15 is 0 Å². The van der Waals surface area contributed by atoms with Crippen molar-refractivity contribution in [2.24, 2.45) is 35.5 Å². The summed E-state index contributed by atoms with van der Waals surface area (Å²) < 4.78 is 5.21. The van der Waals surface area contributed by atoms with Crippen LogP contribution in [0.4, 0.5) is 0 Å². The van der Waals surface area contributed by atoms with Gasteiger partial charge >= 0.3 is 0 Å². The van der Waals surface area contributed by atoms with Crippen molar-refractivity contribution < 1.29 is 23.9 Å². The molecule has 5 aliphatic rings. The Morgan fingerprint density at radius 2 is 1.60 bits per heavy atom. The molecule has 0 N–H and O–H groups in total. The molecule has 3 amide bonds. The molecule has 4 aliphatic carbocycles. The zero-order valence-corrected chi connectivity index (χ0v) is 19.7. The summed E-state index contributed by atoms with van der Waals surface area (Å²) in [5, 5.41) is 2.41. The predicted molar refractivity (Wildman–Crippen MR) is 126 cm³/mol. The van der Waals surface area contributed by atoms with E-state index in [1.54, 1.807) is 36.4 Å². The summed E-state index contributed by atoms with van der Waals surface area (Å²) in [5.74, 6) is -1.39. The number of halogens is 1. The fourth-order valence-corrected chi connectivity index (χ4v) is 6.30. The van der Waals surface area contributed by atoms with Crippen molar-refractivity contribution in [3.63, 3.8) is 0 Å². The SMILES string of the molecule is COc1cccc(C(=O)CN(C(=O)c2ccc(Cl)cc2)N2C(=O)[C@@H]3[C@H]4C=C[C@@H]([C@@H]5C[C@H]45)[C@H]3C2=O)c1. The number of hydrogen-bond acceptors (Lipinski definition) is 5. The molecular formula is C27H23ClN2O5. The minimum atomic E-state index is -0.608. The Hall–Kier alpha value is -3.45. The molecule has 2 aromatic rings. The number of allylic oxidation sites excluding steroid dienone is 2. The van der Waals surface area contributed by atoms with Crippen LogP contribution in [0, 0.1) is 35.5 Å². The van der Waals surface area contributed by atoms with Crippen molar-refractivity contribution >= 4 is 35.1 Å². The first-order valence-electron chi connectivity index (χ1n) is 11.7. The van der Waals surface area contributed by atoms with Gasteiger partial charge in [0.2, 0.25) is 0 Å². The van der Waals surface area contributed by atoms with Crippen molar-refractivity contribution in [2.75, 3.05) is 13.7 Å². The Kier molecular flexibility index (Phi) is 5.07. The molecule has 0 spiro atoms. The van der Waals surface area contributed by atoms with Gasteiger partial charge in [-0.15, -0.1) is 0 Å². The first-order valence-corrected chi connectivity index (χ1v) is 12.1. The third kappa shape index (κ3) is 3.40. The lowest BCUT2D eigenvalue weighted by Gasteiger charge is -2.37. The summed E-state index contributed by atoms with van der Waals surface area (Å²) in [6.45, 7) is -0.457. The molecule has 3 fully saturated rings. The van der Waals surface area contributed by atoms with E-state index in [1.807, 2.05) is 0 Å². The van der Waals surface area contributed by atoms with E-state index in [2.05, 4.69) is 12.2 Å². The molecule has 0 aromatic heterocycles. The standard InChI is InChI=1S/C27H23ClN2O5/c1-35-17-4-2-3-15(11-17)22(31)13-29(25(32)14-5-7-16(28)8-6-14)30-26(33)23-18-9-10-19(21-12-20(18)21)24(23)27(30)34/h2-11,18-21,23-24H,12-13H2,1H3/t18-,19-,20-,21+,23+,24+/m0/s1. The van der Waals surface area contributed by atoms with Crippen LogP contribution < -0.4 is 4.74 Å². The van der Waals surface area contributed by atoms with Gasteiger partial charge in [0.1, 0.15) is 12.3 Å². The van der Waals surface area contributed by atoms with Crippen molar-refractivity contribution in [3.05, 3.63) is 76.8 Å². The summed E-state index contributed by atoms with van der Waals surface area (Å²) in [6.07, 6.45) is 5.18. The van der Waals surface area contributed by atoms with Crippen molar-refractivity contribution in [2.45, 2.75) is 6.42 Å². The number of amides is 3. The van der Waals surface area contributed by atoms with Crippen LogP contribution in [-0.2, 0) is 9.59 Å². The van der Waals surface area contributed by atoms with E-state index in [-0.39, 0.29) is 17.4 Å². The van der Waals surface area contributed by atoms with Crippen LogP contribution in [0.15, 0.2) is 60.7 Å². The molecular weight excluding hydrogens is 468 g/mol. The number of carbonyl (C=O) groups is 4. The number of ketones is 1. The maximum absolute atomic E-state index is 13.7. The average Bonchev–Trinajstić information content (AvgIpc) is 3.66. The van der Waals surface area contributed by atoms with Crippen molar-refractivity contribution in [1.29, 1.82) is 0 Å². The van der Waals surface area contributed by atoms with E-state index in [4.69, 9.17) is 16.3 Å². The number of methoxy groups -OCH3 is 1. The molecule has 0 radical (unpaired) electrons. The van der Waals surface area contributed by atoms with Crippen LogP contribution in [0.3, 0.4) is 0 Å². The van der Waals surface area contributed by atoms with Crippen LogP contribution in [-0.4, -0.2) is 47.2 Å². The summed E-state index contributed by atoms with van der Waals surface area (Å²) in [6, 6.07) is 12.7. The van der Waals surface area contributed by atoms with E-state index in [1.165, 1.54) is 19.2 Å². The summed E-state index contributed by atoms with van der Waals surface area (Å²) in [4.78, 5) is 54.2. The highest BCUT2D eigenvalue weighted by Gasteiger charge is 2.68. The van der Waals surface area contributed by atoms with Gasteiger partial charge < -0.3 is 4.74 Å². The first-order chi connectivity index (χ1) is 16.9. The Morgan fingerprint density at radius 3 is 2.20 bits per heavy atom. The molecule has 1 saturated heterocycles. The number of nitrogens with zero attached hydrogens (tertiary/aromatic N) is 2. The lowest BCUT2D eigenvalue weighted by atomic mass is 9.63. The fraction of sp³-hybridized carbons (Fsp3) is 0.333. The van der Waals surface area contributed by atoms with E-state index in [0.29, 0.717) is 28.2 Å². The van der Waals surface area contributed by atoms with Gasteiger partial charge in [-0.3, -0.25) is 19.2 Å². The number of hydrogen-bond donors (Lipinski definition) is 0. The zero-order chi connectivity index (χ0) is 24.4. The number of carbonyl (C=O) groups excluding carboxylic acids is 4. The normalized spacial score (nSPS) is 29.6. The van der Waals surface area contributed by atoms with Gasteiger partial charge in [0.05, 0.1) is 18.9 Å². The number of rotatable bonds is 6. The highest BCUT2D eigenvalue weighted by molar-refractivity contribution is 6.30. The third-order valence-corrected chi connectivity index (χ3v) is 8.14. The molecule has 2 saturated carbocycles. The average molecular weight is 491 g/mol. The first kappa shape index (κ1) is 22.0. The number of imide groups is 1. The minimum absolute atomic E-state index is 0.0121. The predicted octanol–water partition coefficient (Wildman–Crippen LogP) is 3.64. The Morgan fingerprint density at radius 1 is 0.971 bits per heavy atom. The molecule has 2 bridgehead atoms. The Balaban J connectivity index is 1.36. The number of Topliss-reactive ketones (excluding diaryl/α,β-unsaturated/α-hetero) is 1. The lowest BCUT2D eigenvalue weighted by molar-refractivity contribution is -0.154. The zero-order valence-electron chi connectivity index (χ0n) is 19.0. The monoisotopic (exact) mass is 490 g/mol. The molecule has 6 atom stereocenters. The number of benzene rings is 2. The highest BCUT2D eigenvalue weighted by Crippen LogP contribution is 2.65. The second-order valence-corrected chi connectivity index (χ2v) is 10.1. The third-order valence-electron chi connectivity index (χ3n) is 7.89. The van der Waals surface area contributed by atoms with Crippen LogP contribution in [0.25, 0.3) is 0 Å². The van der Waals surface area contributed by atoms with Crippen molar-refractivity contribution in [1.82, 2.24) is 10.0 Å².